The highest BCUT2D eigenvalue weighted by atomic mass is 16.2. The van der Waals surface area contributed by atoms with Crippen molar-refractivity contribution in [3.63, 3.8) is 0 Å². The maximum absolute atomic E-state index is 11.8. The Hall–Kier alpha value is -0.570. The standard InChI is InChI=1S/C10H18N2O/c1-8-5-12(6-8)10(13)9-3-4-11(2)7-9/h8-9H,3-7H2,1-2H3/t9-/m0/s1. The normalized spacial score (nSPS) is 30.6. The van der Waals surface area contributed by atoms with Crippen LogP contribution in [0.1, 0.15) is 13.3 Å². The number of hydrogen-bond acceptors (Lipinski definition) is 2. The Morgan fingerprint density at radius 3 is 2.46 bits per heavy atom. The van der Waals surface area contributed by atoms with Crippen LogP contribution in [-0.2, 0) is 4.79 Å². The summed E-state index contributed by atoms with van der Waals surface area (Å²) in [5.74, 6) is 1.41. The van der Waals surface area contributed by atoms with Gasteiger partial charge in [0.25, 0.3) is 0 Å². The Kier molecular flexibility index (Phi) is 2.28. The van der Waals surface area contributed by atoms with E-state index in [0.717, 1.165) is 38.5 Å². The predicted octanol–water partition coefficient (Wildman–Crippen LogP) is 0.416. The van der Waals surface area contributed by atoms with Gasteiger partial charge in [0.2, 0.25) is 5.91 Å². The number of carbonyl (C=O) groups is 1. The van der Waals surface area contributed by atoms with Crippen LogP contribution in [0.3, 0.4) is 0 Å². The molecule has 1 amide bonds. The molecule has 74 valence electrons. The van der Waals surface area contributed by atoms with Crippen molar-refractivity contribution in [3.8, 4) is 0 Å². The minimum atomic E-state index is 0.289. The average Bonchev–Trinajstić information content (AvgIpc) is 2.45. The van der Waals surface area contributed by atoms with Crippen molar-refractivity contribution >= 4 is 5.91 Å². The van der Waals surface area contributed by atoms with E-state index in [1.165, 1.54) is 0 Å². The molecule has 2 aliphatic heterocycles. The summed E-state index contributed by atoms with van der Waals surface area (Å²) in [6, 6.07) is 0. The SMILES string of the molecule is CC1CN(C(=O)[C@H]2CCN(C)C2)C1. The summed E-state index contributed by atoms with van der Waals surface area (Å²) in [6.45, 7) is 6.21. The molecule has 0 aliphatic carbocycles. The zero-order valence-corrected chi connectivity index (χ0v) is 8.49. The van der Waals surface area contributed by atoms with Crippen molar-refractivity contribution in [2.24, 2.45) is 11.8 Å². The van der Waals surface area contributed by atoms with Crippen molar-refractivity contribution in [1.29, 1.82) is 0 Å². The molecule has 0 bridgehead atoms. The van der Waals surface area contributed by atoms with Crippen LogP contribution in [0.25, 0.3) is 0 Å². The Morgan fingerprint density at radius 2 is 2.00 bits per heavy atom. The van der Waals surface area contributed by atoms with Crippen molar-refractivity contribution in [1.82, 2.24) is 9.80 Å². The van der Waals surface area contributed by atoms with E-state index in [-0.39, 0.29) is 5.92 Å². The fourth-order valence-electron chi connectivity index (χ4n) is 2.27. The van der Waals surface area contributed by atoms with Gasteiger partial charge < -0.3 is 9.80 Å². The molecule has 0 N–H and O–H groups in total. The summed E-state index contributed by atoms with van der Waals surface area (Å²) in [5, 5.41) is 0. The zero-order chi connectivity index (χ0) is 9.42. The molecule has 2 saturated heterocycles. The Morgan fingerprint density at radius 1 is 1.31 bits per heavy atom. The molecule has 2 heterocycles. The van der Waals surface area contributed by atoms with E-state index in [1.54, 1.807) is 0 Å². The second-order valence-corrected chi connectivity index (χ2v) is 4.60. The fourth-order valence-corrected chi connectivity index (χ4v) is 2.27. The molecule has 0 aromatic heterocycles. The topological polar surface area (TPSA) is 23.6 Å². The summed E-state index contributed by atoms with van der Waals surface area (Å²) in [7, 11) is 2.09. The molecule has 0 aromatic rings. The average molecular weight is 182 g/mol. The monoisotopic (exact) mass is 182 g/mol. The predicted molar refractivity (Wildman–Crippen MR) is 51.3 cm³/mol. The molecule has 3 heteroatoms. The van der Waals surface area contributed by atoms with E-state index in [4.69, 9.17) is 0 Å². The van der Waals surface area contributed by atoms with Gasteiger partial charge in [-0.3, -0.25) is 4.79 Å². The molecule has 0 unspecified atom stereocenters. The maximum atomic E-state index is 11.8. The minimum absolute atomic E-state index is 0.289. The summed E-state index contributed by atoms with van der Waals surface area (Å²) in [6.07, 6.45) is 1.06. The molecule has 2 aliphatic rings. The van der Waals surface area contributed by atoms with Crippen LogP contribution in [0, 0.1) is 11.8 Å². The summed E-state index contributed by atoms with van der Waals surface area (Å²) >= 11 is 0. The number of hydrogen-bond donors (Lipinski definition) is 0. The van der Waals surface area contributed by atoms with Gasteiger partial charge >= 0.3 is 0 Å². The van der Waals surface area contributed by atoms with Crippen molar-refractivity contribution in [2.45, 2.75) is 13.3 Å². The number of carbonyl (C=O) groups excluding carboxylic acids is 1. The highest BCUT2D eigenvalue weighted by Crippen LogP contribution is 2.22. The quantitative estimate of drug-likeness (QED) is 0.586. The van der Waals surface area contributed by atoms with Crippen LogP contribution >= 0.6 is 0 Å². The Labute approximate surface area is 79.7 Å². The highest BCUT2D eigenvalue weighted by molar-refractivity contribution is 5.80. The van der Waals surface area contributed by atoms with Gasteiger partial charge in [-0.2, -0.15) is 0 Å². The lowest BCUT2D eigenvalue weighted by Crippen LogP contribution is -2.51. The van der Waals surface area contributed by atoms with E-state index in [0.29, 0.717) is 5.91 Å². The van der Waals surface area contributed by atoms with Gasteiger partial charge in [-0.25, -0.2) is 0 Å². The van der Waals surface area contributed by atoms with Crippen LogP contribution in [-0.4, -0.2) is 48.9 Å². The van der Waals surface area contributed by atoms with Gasteiger partial charge in [0.1, 0.15) is 0 Å². The van der Waals surface area contributed by atoms with E-state index in [2.05, 4.69) is 18.9 Å². The first-order valence-corrected chi connectivity index (χ1v) is 5.14. The molecule has 0 radical (unpaired) electrons. The van der Waals surface area contributed by atoms with Gasteiger partial charge in [0.15, 0.2) is 0 Å². The lowest BCUT2D eigenvalue weighted by atomic mass is 9.99. The first-order valence-electron chi connectivity index (χ1n) is 5.14. The number of likely N-dealkylation sites (tertiary alicyclic amines) is 2. The molecular weight excluding hydrogens is 164 g/mol. The third-order valence-electron chi connectivity index (χ3n) is 3.12. The number of rotatable bonds is 1. The van der Waals surface area contributed by atoms with Crippen LogP contribution in [0.2, 0.25) is 0 Å². The lowest BCUT2D eigenvalue weighted by molar-refractivity contribution is -0.141. The molecule has 13 heavy (non-hydrogen) atoms. The molecule has 1 atom stereocenters. The summed E-state index contributed by atoms with van der Waals surface area (Å²) in [5.41, 5.74) is 0. The smallest absolute Gasteiger partial charge is 0.227 e. The number of amides is 1. The zero-order valence-electron chi connectivity index (χ0n) is 8.49. The van der Waals surface area contributed by atoms with E-state index in [9.17, 15) is 4.79 Å². The van der Waals surface area contributed by atoms with E-state index < -0.39 is 0 Å². The highest BCUT2D eigenvalue weighted by Gasteiger charge is 2.34. The van der Waals surface area contributed by atoms with Gasteiger partial charge in [-0.15, -0.1) is 0 Å². The first kappa shape index (κ1) is 9.00. The minimum Gasteiger partial charge on any atom is -0.342 e. The van der Waals surface area contributed by atoms with Gasteiger partial charge in [0, 0.05) is 19.6 Å². The van der Waals surface area contributed by atoms with Crippen molar-refractivity contribution in [2.75, 3.05) is 33.2 Å². The number of nitrogens with zero attached hydrogens (tertiary/aromatic N) is 2. The first-order chi connectivity index (χ1) is 6.16. The van der Waals surface area contributed by atoms with Crippen molar-refractivity contribution in [3.05, 3.63) is 0 Å². The Balaban J connectivity index is 1.84. The second kappa shape index (κ2) is 3.29. The lowest BCUT2D eigenvalue weighted by Gasteiger charge is -2.38. The van der Waals surface area contributed by atoms with Gasteiger partial charge in [-0.05, 0) is 25.9 Å². The molecule has 0 saturated carbocycles. The molecule has 2 fully saturated rings. The molecule has 2 rings (SSSR count). The van der Waals surface area contributed by atoms with Crippen LogP contribution in [0.15, 0.2) is 0 Å². The van der Waals surface area contributed by atoms with Crippen LogP contribution in [0.4, 0.5) is 0 Å². The van der Waals surface area contributed by atoms with E-state index >= 15 is 0 Å². The third kappa shape index (κ3) is 1.70. The van der Waals surface area contributed by atoms with Gasteiger partial charge in [0.05, 0.1) is 5.92 Å². The summed E-state index contributed by atoms with van der Waals surface area (Å²) < 4.78 is 0. The molecule has 3 nitrogen and oxygen atoms in total. The van der Waals surface area contributed by atoms with Gasteiger partial charge in [-0.1, -0.05) is 6.92 Å². The fraction of sp³-hybridized carbons (Fsp3) is 0.900. The molecule has 0 aromatic carbocycles. The second-order valence-electron chi connectivity index (χ2n) is 4.60. The van der Waals surface area contributed by atoms with E-state index in [1.807, 2.05) is 4.90 Å². The van der Waals surface area contributed by atoms with Crippen molar-refractivity contribution < 1.29 is 4.79 Å². The third-order valence-corrected chi connectivity index (χ3v) is 3.12. The Bertz CT molecular complexity index is 211. The molecular formula is C10H18N2O. The van der Waals surface area contributed by atoms with Crippen LogP contribution < -0.4 is 0 Å². The molecule has 0 spiro atoms. The maximum Gasteiger partial charge on any atom is 0.227 e. The largest absolute Gasteiger partial charge is 0.342 e. The van der Waals surface area contributed by atoms with Crippen LogP contribution in [0.5, 0.6) is 0 Å². The summed E-state index contributed by atoms with van der Waals surface area (Å²) in [4.78, 5) is 16.1.